The van der Waals surface area contributed by atoms with Crippen molar-refractivity contribution < 1.29 is 23.8 Å². The summed E-state index contributed by atoms with van der Waals surface area (Å²) in [4.78, 5) is 17.8. The Balaban J connectivity index is 1.66. The van der Waals surface area contributed by atoms with E-state index in [2.05, 4.69) is 4.98 Å². The van der Waals surface area contributed by atoms with Crippen molar-refractivity contribution >= 4 is 16.7 Å². The van der Waals surface area contributed by atoms with Gasteiger partial charge in [0, 0.05) is 13.6 Å². The predicted molar refractivity (Wildman–Crippen MR) is 100.0 cm³/mol. The minimum Gasteiger partial charge on any atom is -0.497 e. The molecule has 2 aromatic carbocycles. The highest BCUT2D eigenvalue weighted by atomic mass is 16.5. The van der Waals surface area contributed by atoms with Gasteiger partial charge in [-0.25, -0.2) is 4.98 Å². The molecule has 142 valence electrons. The average molecular weight is 370 g/mol. The maximum Gasteiger partial charge on any atom is 0.275 e. The van der Waals surface area contributed by atoms with E-state index < -0.39 is 6.10 Å². The smallest absolute Gasteiger partial charge is 0.275 e. The second kappa shape index (κ2) is 8.09. The Kier molecular flexibility index (Phi) is 5.61. The molecule has 3 aromatic rings. The molecule has 0 aliphatic rings. The van der Waals surface area contributed by atoms with Gasteiger partial charge in [0.25, 0.3) is 5.91 Å². The maximum atomic E-state index is 12.2. The third-order valence-electron chi connectivity index (χ3n) is 4.04. The largest absolute Gasteiger partial charge is 0.497 e. The van der Waals surface area contributed by atoms with E-state index in [1.165, 1.54) is 11.2 Å². The number of likely N-dealkylation sites (N-methyl/N-ethyl adjacent to an activating group) is 1. The molecule has 0 saturated carbocycles. The van der Waals surface area contributed by atoms with Gasteiger partial charge in [-0.15, -0.1) is 0 Å². The number of methoxy groups -OCH3 is 1. The van der Waals surface area contributed by atoms with Gasteiger partial charge in [0.05, 0.1) is 13.2 Å². The molecule has 0 radical (unpaired) electrons. The van der Waals surface area contributed by atoms with Crippen LogP contribution in [0.3, 0.4) is 0 Å². The van der Waals surface area contributed by atoms with Crippen LogP contribution in [0.1, 0.15) is 23.3 Å². The number of fused-ring (bicyclic) bond motifs is 1. The van der Waals surface area contributed by atoms with E-state index in [0.29, 0.717) is 11.6 Å². The molecule has 1 N–H and O–H groups in total. The van der Waals surface area contributed by atoms with Crippen LogP contribution in [-0.4, -0.2) is 47.7 Å². The number of ether oxygens (including phenoxy) is 2. The Labute approximate surface area is 157 Å². The van der Waals surface area contributed by atoms with Crippen LogP contribution in [0, 0.1) is 0 Å². The van der Waals surface area contributed by atoms with Gasteiger partial charge in [-0.05, 0) is 42.0 Å². The average Bonchev–Trinajstić information content (AvgIpc) is 3.13. The third kappa shape index (κ3) is 4.57. The van der Waals surface area contributed by atoms with Crippen LogP contribution < -0.4 is 9.47 Å². The number of carbonyl (C=O) groups is 1. The zero-order chi connectivity index (χ0) is 19.4. The lowest BCUT2D eigenvalue weighted by Gasteiger charge is -2.16. The Morgan fingerprint density at radius 1 is 1.22 bits per heavy atom. The predicted octanol–water partition coefficient (Wildman–Crippen LogP) is 2.87. The maximum absolute atomic E-state index is 12.2. The molecule has 7 heteroatoms. The Bertz CT molecular complexity index is 935. The van der Waals surface area contributed by atoms with Gasteiger partial charge in [-0.3, -0.25) is 4.79 Å². The molecule has 3 rings (SSSR count). The molecule has 0 saturated heterocycles. The summed E-state index contributed by atoms with van der Waals surface area (Å²) in [5, 5.41) is 11.4. The number of carbonyl (C=O) groups excluding carboxylic acids is 1. The number of rotatable bonds is 7. The van der Waals surface area contributed by atoms with E-state index in [1.54, 1.807) is 21.1 Å². The van der Waals surface area contributed by atoms with Crippen LogP contribution in [-0.2, 0) is 6.61 Å². The van der Waals surface area contributed by atoms with Crippen LogP contribution >= 0.6 is 0 Å². The first kappa shape index (κ1) is 18.7. The van der Waals surface area contributed by atoms with E-state index in [9.17, 15) is 9.90 Å². The number of nitrogens with zero attached hydrogens (tertiary/aromatic N) is 2. The molecule has 7 nitrogen and oxygen atoms in total. The summed E-state index contributed by atoms with van der Waals surface area (Å²) in [6.07, 6.45) is 0.686. The van der Waals surface area contributed by atoms with Gasteiger partial charge < -0.3 is 23.9 Å². The Hall–Kier alpha value is -3.06. The van der Waals surface area contributed by atoms with Gasteiger partial charge in [0.2, 0.25) is 5.89 Å². The molecule has 1 aromatic heterocycles. The summed E-state index contributed by atoms with van der Waals surface area (Å²) in [7, 11) is 3.23. The van der Waals surface area contributed by atoms with Crippen molar-refractivity contribution in [1.29, 1.82) is 0 Å². The highest BCUT2D eigenvalue weighted by Crippen LogP contribution is 2.25. The molecule has 1 heterocycles. The van der Waals surface area contributed by atoms with Gasteiger partial charge in [-0.1, -0.05) is 12.1 Å². The minimum atomic E-state index is -0.611. The molecule has 0 fully saturated rings. The first-order valence-corrected chi connectivity index (χ1v) is 8.55. The topological polar surface area (TPSA) is 85.0 Å². The van der Waals surface area contributed by atoms with E-state index in [4.69, 9.17) is 13.9 Å². The highest BCUT2D eigenvalue weighted by Gasteiger charge is 2.18. The van der Waals surface area contributed by atoms with Crippen LogP contribution in [0.25, 0.3) is 10.8 Å². The van der Waals surface area contributed by atoms with Crippen LogP contribution in [0.4, 0.5) is 0 Å². The highest BCUT2D eigenvalue weighted by molar-refractivity contribution is 5.91. The summed E-state index contributed by atoms with van der Waals surface area (Å²) in [6.45, 7) is 1.94. The standard InChI is InChI=1S/C20H22N2O5/c1-13(23)10-22(2)20(24)18-11-27-19(21-18)12-26-17-7-5-14-4-6-16(25-3)8-15(14)9-17/h4-9,11,13,23H,10,12H2,1-3H3. The van der Waals surface area contributed by atoms with Crippen molar-refractivity contribution in [2.75, 3.05) is 20.7 Å². The van der Waals surface area contributed by atoms with Crippen molar-refractivity contribution in [3.63, 3.8) is 0 Å². The second-order valence-electron chi connectivity index (χ2n) is 6.32. The molecule has 0 aliphatic heterocycles. The van der Waals surface area contributed by atoms with E-state index in [0.717, 1.165) is 16.5 Å². The van der Waals surface area contributed by atoms with Crippen molar-refractivity contribution in [2.24, 2.45) is 0 Å². The second-order valence-corrected chi connectivity index (χ2v) is 6.32. The minimum absolute atomic E-state index is 0.100. The first-order chi connectivity index (χ1) is 13.0. The third-order valence-corrected chi connectivity index (χ3v) is 4.04. The number of oxazole rings is 1. The quantitative estimate of drug-likeness (QED) is 0.688. The van der Waals surface area contributed by atoms with Crippen LogP contribution in [0.5, 0.6) is 11.5 Å². The first-order valence-electron chi connectivity index (χ1n) is 8.55. The number of hydrogen-bond acceptors (Lipinski definition) is 6. The number of amides is 1. The number of aliphatic hydroxyl groups is 1. The van der Waals surface area contributed by atoms with Gasteiger partial charge in [-0.2, -0.15) is 0 Å². The van der Waals surface area contributed by atoms with Crippen molar-refractivity contribution in [1.82, 2.24) is 9.88 Å². The molecule has 1 atom stereocenters. The fourth-order valence-electron chi connectivity index (χ4n) is 2.71. The van der Waals surface area contributed by atoms with Gasteiger partial charge in [0.1, 0.15) is 17.8 Å². The van der Waals surface area contributed by atoms with Crippen molar-refractivity contribution in [3.8, 4) is 11.5 Å². The zero-order valence-electron chi connectivity index (χ0n) is 15.5. The molecule has 1 amide bonds. The molecule has 27 heavy (non-hydrogen) atoms. The van der Waals surface area contributed by atoms with Crippen molar-refractivity contribution in [3.05, 3.63) is 54.2 Å². The van der Waals surface area contributed by atoms with E-state index >= 15 is 0 Å². The zero-order valence-corrected chi connectivity index (χ0v) is 15.5. The summed E-state index contributed by atoms with van der Waals surface area (Å²) in [5.74, 6) is 1.42. The molecule has 0 bridgehead atoms. The van der Waals surface area contributed by atoms with Crippen molar-refractivity contribution in [2.45, 2.75) is 19.6 Å². The number of aliphatic hydroxyl groups excluding tert-OH is 1. The number of aromatic nitrogens is 1. The number of benzene rings is 2. The van der Waals surface area contributed by atoms with Gasteiger partial charge >= 0.3 is 0 Å². The summed E-state index contributed by atoms with van der Waals surface area (Å²) in [6, 6.07) is 11.5. The van der Waals surface area contributed by atoms with Crippen LogP contribution in [0.2, 0.25) is 0 Å². The summed E-state index contributed by atoms with van der Waals surface area (Å²) < 4.78 is 16.3. The Morgan fingerprint density at radius 2 is 1.93 bits per heavy atom. The summed E-state index contributed by atoms with van der Waals surface area (Å²) in [5.41, 5.74) is 0.181. The molecular formula is C20H22N2O5. The fourth-order valence-corrected chi connectivity index (χ4v) is 2.71. The monoisotopic (exact) mass is 370 g/mol. The summed E-state index contributed by atoms with van der Waals surface area (Å²) >= 11 is 0. The molecule has 0 spiro atoms. The van der Waals surface area contributed by atoms with E-state index in [1.807, 2.05) is 36.4 Å². The Morgan fingerprint density at radius 3 is 2.63 bits per heavy atom. The lowest BCUT2D eigenvalue weighted by molar-refractivity contribution is 0.0698. The van der Waals surface area contributed by atoms with Gasteiger partial charge in [0.15, 0.2) is 12.3 Å². The lowest BCUT2D eigenvalue weighted by atomic mass is 10.1. The molecular weight excluding hydrogens is 348 g/mol. The van der Waals surface area contributed by atoms with E-state index in [-0.39, 0.29) is 24.8 Å². The SMILES string of the molecule is COc1ccc2ccc(OCc3nc(C(=O)N(C)CC(C)O)co3)cc2c1. The van der Waals surface area contributed by atoms with Crippen LogP contribution in [0.15, 0.2) is 47.1 Å². The fraction of sp³-hybridized carbons (Fsp3) is 0.300. The number of hydrogen-bond donors (Lipinski definition) is 1. The molecule has 0 aliphatic carbocycles. The lowest BCUT2D eigenvalue weighted by Crippen LogP contribution is -2.33. The normalized spacial score (nSPS) is 12.0. The molecule has 1 unspecified atom stereocenters.